The minimum Gasteiger partial charge on any atom is -0.494 e. The number of methoxy groups -OCH3 is 1. The first-order valence-electron chi connectivity index (χ1n) is 6.28. The Morgan fingerprint density at radius 1 is 1.15 bits per heavy atom. The summed E-state index contributed by atoms with van der Waals surface area (Å²) >= 11 is 0. The zero-order valence-electron chi connectivity index (χ0n) is 12.0. The van der Waals surface area contributed by atoms with E-state index in [1.54, 1.807) is 18.5 Å². The van der Waals surface area contributed by atoms with E-state index in [0.29, 0.717) is 22.8 Å². The molecule has 1 aromatic carbocycles. The summed E-state index contributed by atoms with van der Waals surface area (Å²) in [4.78, 5) is 8.27. The molecule has 0 fully saturated rings. The summed E-state index contributed by atoms with van der Waals surface area (Å²) in [6.45, 7) is 5.82. The maximum absolute atomic E-state index is 13.8. The summed E-state index contributed by atoms with van der Waals surface area (Å²) in [7, 11) is 1.53. The van der Waals surface area contributed by atoms with Crippen LogP contribution in [0.2, 0.25) is 0 Å². The molecule has 2 aromatic rings. The fourth-order valence-corrected chi connectivity index (χ4v) is 1.84. The van der Waals surface area contributed by atoms with Crippen LogP contribution in [-0.2, 0) is 0 Å². The van der Waals surface area contributed by atoms with Crippen LogP contribution in [0.1, 0.15) is 20.8 Å². The van der Waals surface area contributed by atoms with E-state index in [1.807, 2.05) is 20.8 Å². The maximum atomic E-state index is 13.8. The Morgan fingerprint density at radius 3 is 2.35 bits per heavy atom. The van der Waals surface area contributed by atoms with Crippen molar-refractivity contribution >= 4 is 5.69 Å². The minimum atomic E-state index is -0.392. The van der Waals surface area contributed by atoms with Crippen LogP contribution >= 0.6 is 0 Å². The molecule has 0 atom stereocenters. The van der Waals surface area contributed by atoms with Crippen molar-refractivity contribution in [2.24, 2.45) is 0 Å². The minimum absolute atomic E-state index is 0.337. The van der Waals surface area contributed by atoms with Gasteiger partial charge in [-0.3, -0.25) is 5.32 Å². The lowest BCUT2D eigenvalue weighted by Gasteiger charge is -2.21. The van der Waals surface area contributed by atoms with E-state index in [1.165, 1.54) is 19.2 Å². The Balaban J connectivity index is 2.58. The van der Waals surface area contributed by atoms with Gasteiger partial charge in [-0.1, -0.05) is 0 Å². The highest BCUT2D eigenvalue weighted by atomic mass is 19.1. The molecular formula is C15H17FN3O. The molecule has 0 amide bonds. The van der Waals surface area contributed by atoms with E-state index in [9.17, 15) is 4.39 Å². The molecule has 1 heterocycles. The molecule has 4 nitrogen and oxygen atoms in total. The van der Waals surface area contributed by atoms with Gasteiger partial charge in [0.05, 0.1) is 18.2 Å². The second-order valence-corrected chi connectivity index (χ2v) is 5.36. The van der Waals surface area contributed by atoms with Crippen molar-refractivity contribution in [3.63, 3.8) is 0 Å². The average Bonchev–Trinajstić information content (AvgIpc) is 2.37. The lowest BCUT2D eigenvalue weighted by atomic mass is 10.1. The Morgan fingerprint density at radius 2 is 1.80 bits per heavy atom. The van der Waals surface area contributed by atoms with Gasteiger partial charge in [0.1, 0.15) is 11.5 Å². The summed E-state index contributed by atoms with van der Waals surface area (Å²) in [6.07, 6.45) is 3.21. The van der Waals surface area contributed by atoms with Gasteiger partial charge in [0.25, 0.3) is 0 Å². The summed E-state index contributed by atoms with van der Waals surface area (Å²) < 4.78 is 19.2. The smallest absolute Gasteiger partial charge is 0.163 e. The van der Waals surface area contributed by atoms with Crippen LogP contribution in [0.4, 0.5) is 10.1 Å². The number of rotatable bonds is 3. The van der Waals surface area contributed by atoms with Gasteiger partial charge in [0.15, 0.2) is 11.6 Å². The maximum Gasteiger partial charge on any atom is 0.163 e. The van der Waals surface area contributed by atoms with Gasteiger partial charge in [-0.15, -0.1) is 0 Å². The third-order valence-electron chi connectivity index (χ3n) is 2.50. The van der Waals surface area contributed by atoms with Crippen LogP contribution in [0.15, 0.2) is 30.6 Å². The number of hydrogen-bond donors (Lipinski definition) is 0. The quantitative estimate of drug-likeness (QED) is 0.862. The van der Waals surface area contributed by atoms with Crippen molar-refractivity contribution in [2.45, 2.75) is 26.3 Å². The summed E-state index contributed by atoms with van der Waals surface area (Å²) in [5.74, 6) is 0.498. The Bertz CT molecular complexity index is 594. The predicted octanol–water partition coefficient (Wildman–Crippen LogP) is 3.33. The van der Waals surface area contributed by atoms with E-state index < -0.39 is 5.82 Å². The zero-order chi connectivity index (χ0) is 14.8. The van der Waals surface area contributed by atoms with Gasteiger partial charge in [0.2, 0.25) is 0 Å². The van der Waals surface area contributed by atoms with Crippen LogP contribution < -0.4 is 10.1 Å². The third kappa shape index (κ3) is 3.23. The van der Waals surface area contributed by atoms with Crippen molar-refractivity contribution in [3.8, 4) is 17.1 Å². The van der Waals surface area contributed by atoms with Gasteiger partial charge < -0.3 is 4.74 Å². The number of hydrogen-bond acceptors (Lipinski definition) is 3. The van der Waals surface area contributed by atoms with Crippen molar-refractivity contribution in [2.75, 3.05) is 7.11 Å². The molecule has 0 unspecified atom stereocenters. The SMILES string of the molecule is COc1c([N]C(C)(C)C)cc(F)cc1-c1ncccn1. The van der Waals surface area contributed by atoms with E-state index in [0.717, 1.165) is 0 Å². The Hall–Kier alpha value is -2.17. The monoisotopic (exact) mass is 274 g/mol. The molecular weight excluding hydrogens is 257 g/mol. The van der Waals surface area contributed by atoms with Crippen molar-refractivity contribution in [3.05, 3.63) is 36.4 Å². The highest BCUT2D eigenvalue weighted by molar-refractivity contribution is 5.72. The van der Waals surface area contributed by atoms with E-state index in [-0.39, 0.29) is 5.54 Å². The van der Waals surface area contributed by atoms with Crippen molar-refractivity contribution in [1.82, 2.24) is 15.3 Å². The number of nitrogens with zero attached hydrogens (tertiary/aromatic N) is 3. The Labute approximate surface area is 118 Å². The lowest BCUT2D eigenvalue weighted by Crippen LogP contribution is -2.25. The molecule has 0 aliphatic rings. The molecule has 0 saturated heterocycles. The number of halogens is 1. The van der Waals surface area contributed by atoms with Gasteiger partial charge in [-0.25, -0.2) is 14.4 Å². The molecule has 0 aliphatic carbocycles. The molecule has 1 radical (unpaired) electrons. The van der Waals surface area contributed by atoms with Crippen LogP contribution in [0.5, 0.6) is 5.75 Å². The fraction of sp³-hybridized carbons (Fsp3) is 0.333. The highest BCUT2D eigenvalue weighted by Gasteiger charge is 2.20. The van der Waals surface area contributed by atoms with Crippen LogP contribution in [0.25, 0.3) is 11.4 Å². The summed E-state index contributed by atoms with van der Waals surface area (Å²) in [6, 6.07) is 4.42. The van der Waals surface area contributed by atoms with Gasteiger partial charge in [-0.2, -0.15) is 0 Å². The average molecular weight is 274 g/mol. The number of ether oxygens (including phenoxy) is 1. The molecule has 1 aromatic heterocycles. The number of aromatic nitrogens is 2. The summed E-state index contributed by atoms with van der Waals surface area (Å²) in [5, 5.41) is 4.49. The summed E-state index contributed by atoms with van der Waals surface area (Å²) in [5.41, 5.74) is 0.620. The first kappa shape index (κ1) is 14.2. The molecule has 0 bridgehead atoms. The normalized spacial score (nSPS) is 11.2. The van der Waals surface area contributed by atoms with E-state index >= 15 is 0 Å². The van der Waals surface area contributed by atoms with Crippen molar-refractivity contribution < 1.29 is 9.13 Å². The zero-order valence-corrected chi connectivity index (χ0v) is 12.0. The second-order valence-electron chi connectivity index (χ2n) is 5.36. The van der Waals surface area contributed by atoms with Gasteiger partial charge >= 0.3 is 0 Å². The van der Waals surface area contributed by atoms with Gasteiger partial charge in [0, 0.05) is 18.5 Å². The van der Waals surface area contributed by atoms with Crippen molar-refractivity contribution in [1.29, 1.82) is 0 Å². The largest absolute Gasteiger partial charge is 0.494 e. The number of benzene rings is 1. The molecule has 105 valence electrons. The fourth-order valence-electron chi connectivity index (χ4n) is 1.84. The second kappa shape index (κ2) is 5.45. The molecule has 0 aliphatic heterocycles. The highest BCUT2D eigenvalue weighted by Crippen LogP contribution is 2.37. The predicted molar refractivity (Wildman–Crippen MR) is 75.5 cm³/mol. The Kier molecular flexibility index (Phi) is 3.88. The first-order chi connectivity index (χ1) is 9.40. The molecule has 0 saturated carbocycles. The van der Waals surface area contributed by atoms with Crippen LogP contribution in [0, 0.1) is 5.82 Å². The molecule has 2 rings (SSSR count). The molecule has 5 heteroatoms. The topological polar surface area (TPSA) is 49.1 Å². The van der Waals surface area contributed by atoms with E-state index in [4.69, 9.17) is 4.74 Å². The van der Waals surface area contributed by atoms with Crippen LogP contribution in [-0.4, -0.2) is 22.6 Å². The van der Waals surface area contributed by atoms with Crippen LogP contribution in [0.3, 0.4) is 0 Å². The van der Waals surface area contributed by atoms with E-state index in [2.05, 4.69) is 15.3 Å². The molecule has 0 N–H and O–H groups in total. The first-order valence-corrected chi connectivity index (χ1v) is 6.28. The molecule has 20 heavy (non-hydrogen) atoms. The standard InChI is InChI=1S/C15H17FN3O/c1-15(2,3)19-12-9-10(16)8-11(13(12)20-4)14-17-6-5-7-18-14/h5-9H,1-4H3. The lowest BCUT2D eigenvalue weighted by molar-refractivity contribution is 0.403. The molecule has 0 spiro atoms. The van der Waals surface area contributed by atoms with Gasteiger partial charge in [-0.05, 0) is 32.9 Å². The third-order valence-corrected chi connectivity index (χ3v) is 2.50.